The highest BCUT2D eigenvalue weighted by molar-refractivity contribution is 7.71. The van der Waals surface area contributed by atoms with Gasteiger partial charge >= 0.3 is 0 Å². The molecule has 0 fully saturated rings. The molecule has 0 saturated carbocycles. The Morgan fingerprint density at radius 1 is 1.26 bits per heavy atom. The smallest absolute Gasteiger partial charge is 0.262 e. The molecule has 96 valence electrons. The Labute approximate surface area is 112 Å². The Bertz CT molecular complexity index is 845. The first kappa shape index (κ1) is 11.7. The predicted molar refractivity (Wildman–Crippen MR) is 73.4 cm³/mol. The van der Waals surface area contributed by atoms with Crippen molar-refractivity contribution in [3.63, 3.8) is 0 Å². The molecule has 19 heavy (non-hydrogen) atoms. The van der Waals surface area contributed by atoms with E-state index in [-0.39, 0.29) is 10.3 Å². The summed E-state index contributed by atoms with van der Waals surface area (Å²) < 4.78 is 7.00. The van der Waals surface area contributed by atoms with Crippen LogP contribution in [0.1, 0.15) is 0 Å². The average molecular weight is 274 g/mol. The summed E-state index contributed by atoms with van der Waals surface area (Å²) in [5.41, 5.74) is 1.13. The van der Waals surface area contributed by atoms with Crippen LogP contribution < -0.4 is 10.3 Å². The Balaban J connectivity index is 2.24. The zero-order valence-electron chi connectivity index (χ0n) is 10.0. The minimum atomic E-state index is -0.251. The van der Waals surface area contributed by atoms with E-state index in [4.69, 9.17) is 17.0 Å². The average Bonchev–Trinajstić information content (AvgIpc) is 2.83. The largest absolute Gasteiger partial charge is 0.497 e. The topological polar surface area (TPSA) is 75.7 Å². The number of benzene rings is 1. The third-order valence-electron chi connectivity index (χ3n) is 2.79. The summed E-state index contributed by atoms with van der Waals surface area (Å²) in [6, 6.07) is 7.35. The summed E-state index contributed by atoms with van der Waals surface area (Å²) in [6.07, 6.45) is 1.50. The van der Waals surface area contributed by atoms with Crippen LogP contribution in [-0.4, -0.2) is 26.9 Å². The first-order valence-corrected chi connectivity index (χ1v) is 5.94. The SMILES string of the molecule is COc1ccc(-n2ncc3c(=O)[nH]c(=S)[nH]c32)cc1. The second-order valence-electron chi connectivity index (χ2n) is 3.92. The van der Waals surface area contributed by atoms with Gasteiger partial charge in [0.1, 0.15) is 16.8 Å². The predicted octanol–water partition coefficient (Wildman–Crippen LogP) is 1.78. The number of aromatic amines is 2. The summed E-state index contributed by atoms with van der Waals surface area (Å²) in [5.74, 6) is 0.756. The number of fused-ring (bicyclic) bond motifs is 1. The molecule has 1 aromatic carbocycles. The lowest BCUT2D eigenvalue weighted by Gasteiger charge is -2.04. The minimum Gasteiger partial charge on any atom is -0.497 e. The number of aromatic nitrogens is 4. The number of nitrogens with one attached hydrogen (secondary N) is 2. The van der Waals surface area contributed by atoms with Crippen LogP contribution in [0.3, 0.4) is 0 Å². The van der Waals surface area contributed by atoms with E-state index in [0.717, 1.165) is 11.4 Å². The highest BCUT2D eigenvalue weighted by atomic mass is 32.1. The van der Waals surface area contributed by atoms with Crippen LogP contribution in [-0.2, 0) is 0 Å². The van der Waals surface area contributed by atoms with Crippen molar-refractivity contribution in [1.82, 2.24) is 19.7 Å². The molecule has 6 nitrogen and oxygen atoms in total. The van der Waals surface area contributed by atoms with Crippen molar-refractivity contribution in [2.24, 2.45) is 0 Å². The number of nitrogens with zero attached hydrogens (tertiary/aromatic N) is 2. The van der Waals surface area contributed by atoms with Gasteiger partial charge in [-0.05, 0) is 36.5 Å². The Morgan fingerprint density at radius 2 is 2.00 bits per heavy atom. The third-order valence-corrected chi connectivity index (χ3v) is 2.99. The molecule has 0 radical (unpaired) electrons. The molecule has 0 aliphatic heterocycles. The fraction of sp³-hybridized carbons (Fsp3) is 0.0833. The van der Waals surface area contributed by atoms with Gasteiger partial charge in [-0.15, -0.1) is 0 Å². The van der Waals surface area contributed by atoms with Crippen molar-refractivity contribution in [2.45, 2.75) is 0 Å². The Morgan fingerprint density at radius 3 is 2.68 bits per heavy atom. The van der Waals surface area contributed by atoms with E-state index in [9.17, 15) is 4.79 Å². The minimum absolute atomic E-state index is 0.251. The van der Waals surface area contributed by atoms with Gasteiger partial charge in [0.15, 0.2) is 4.77 Å². The number of methoxy groups -OCH3 is 1. The summed E-state index contributed by atoms with van der Waals surface area (Å²) in [7, 11) is 1.61. The van der Waals surface area contributed by atoms with Gasteiger partial charge < -0.3 is 9.72 Å². The maximum absolute atomic E-state index is 11.7. The fourth-order valence-electron chi connectivity index (χ4n) is 1.86. The zero-order chi connectivity index (χ0) is 13.4. The molecule has 2 N–H and O–H groups in total. The first-order chi connectivity index (χ1) is 9.19. The van der Waals surface area contributed by atoms with Crippen molar-refractivity contribution < 1.29 is 4.74 Å². The second-order valence-corrected chi connectivity index (χ2v) is 4.33. The van der Waals surface area contributed by atoms with Gasteiger partial charge in [0, 0.05) is 0 Å². The molecule has 7 heteroatoms. The monoisotopic (exact) mass is 274 g/mol. The van der Waals surface area contributed by atoms with Gasteiger partial charge in [-0.3, -0.25) is 9.78 Å². The fourth-order valence-corrected chi connectivity index (χ4v) is 2.05. The molecule has 0 atom stereocenters. The van der Waals surface area contributed by atoms with Crippen LogP contribution in [0.25, 0.3) is 16.7 Å². The number of hydrogen-bond acceptors (Lipinski definition) is 4. The first-order valence-electron chi connectivity index (χ1n) is 5.54. The van der Waals surface area contributed by atoms with Crippen LogP contribution in [0.15, 0.2) is 35.3 Å². The van der Waals surface area contributed by atoms with E-state index in [0.29, 0.717) is 11.0 Å². The summed E-state index contributed by atoms with van der Waals surface area (Å²) >= 11 is 4.97. The quantitative estimate of drug-likeness (QED) is 0.698. The molecule has 2 heterocycles. The van der Waals surface area contributed by atoms with E-state index in [1.165, 1.54) is 6.20 Å². The molecule has 0 saturated heterocycles. The summed E-state index contributed by atoms with van der Waals surface area (Å²) in [5, 5.41) is 4.66. The molecule has 0 aliphatic rings. The Kier molecular flexibility index (Phi) is 2.68. The summed E-state index contributed by atoms with van der Waals surface area (Å²) in [6.45, 7) is 0. The normalized spacial score (nSPS) is 10.8. The molecule has 0 amide bonds. The number of H-pyrrole nitrogens is 2. The zero-order valence-corrected chi connectivity index (χ0v) is 10.8. The molecular formula is C12H10N4O2S. The van der Waals surface area contributed by atoms with Gasteiger partial charge in [0.25, 0.3) is 5.56 Å². The molecule has 2 aromatic heterocycles. The van der Waals surface area contributed by atoms with E-state index in [1.54, 1.807) is 11.8 Å². The van der Waals surface area contributed by atoms with E-state index in [2.05, 4.69) is 15.1 Å². The van der Waals surface area contributed by atoms with Gasteiger partial charge in [-0.25, -0.2) is 4.68 Å². The van der Waals surface area contributed by atoms with Crippen molar-refractivity contribution in [1.29, 1.82) is 0 Å². The third kappa shape index (κ3) is 1.93. The molecule has 3 aromatic rings. The van der Waals surface area contributed by atoms with Crippen LogP contribution in [0, 0.1) is 4.77 Å². The number of hydrogen-bond donors (Lipinski definition) is 2. The lowest BCUT2D eigenvalue weighted by molar-refractivity contribution is 0.414. The molecule has 0 aliphatic carbocycles. The highest BCUT2D eigenvalue weighted by Gasteiger charge is 2.08. The lowest BCUT2D eigenvalue weighted by atomic mass is 10.3. The number of ether oxygens (including phenoxy) is 1. The van der Waals surface area contributed by atoms with Crippen LogP contribution in [0.2, 0.25) is 0 Å². The van der Waals surface area contributed by atoms with Crippen LogP contribution in [0.5, 0.6) is 5.75 Å². The van der Waals surface area contributed by atoms with Gasteiger partial charge in [-0.1, -0.05) is 0 Å². The summed E-state index contributed by atoms with van der Waals surface area (Å²) in [4.78, 5) is 17.2. The van der Waals surface area contributed by atoms with E-state index >= 15 is 0 Å². The van der Waals surface area contributed by atoms with Crippen molar-refractivity contribution in [3.8, 4) is 11.4 Å². The maximum atomic E-state index is 11.7. The van der Waals surface area contributed by atoms with Crippen LogP contribution in [0.4, 0.5) is 0 Å². The molecule has 3 rings (SSSR count). The van der Waals surface area contributed by atoms with Crippen molar-refractivity contribution in [2.75, 3.05) is 7.11 Å². The van der Waals surface area contributed by atoms with Crippen LogP contribution >= 0.6 is 12.2 Å². The molecule has 0 spiro atoms. The van der Waals surface area contributed by atoms with Gasteiger partial charge in [0.05, 0.1) is 19.0 Å². The highest BCUT2D eigenvalue weighted by Crippen LogP contribution is 2.17. The molecule has 0 unspecified atom stereocenters. The van der Waals surface area contributed by atoms with Crippen molar-refractivity contribution >= 4 is 23.3 Å². The second kappa shape index (κ2) is 4.36. The van der Waals surface area contributed by atoms with E-state index < -0.39 is 0 Å². The number of rotatable bonds is 2. The lowest BCUT2D eigenvalue weighted by Crippen LogP contribution is -2.08. The Hall–Kier alpha value is -2.41. The standard InChI is InChI=1S/C12H10N4O2S/c1-18-8-4-2-7(3-5-8)16-10-9(6-13-16)11(17)15-12(19)14-10/h2-6H,1H3,(H2,14,15,17,19). The van der Waals surface area contributed by atoms with Gasteiger partial charge in [-0.2, -0.15) is 5.10 Å². The molecular weight excluding hydrogens is 264 g/mol. The maximum Gasteiger partial charge on any atom is 0.262 e. The molecule has 0 bridgehead atoms. The van der Waals surface area contributed by atoms with E-state index in [1.807, 2.05) is 24.3 Å². The van der Waals surface area contributed by atoms with Gasteiger partial charge in [0.2, 0.25) is 0 Å². The van der Waals surface area contributed by atoms with Crippen molar-refractivity contribution in [3.05, 3.63) is 45.6 Å².